The van der Waals surface area contributed by atoms with E-state index >= 15 is 0 Å². The zero-order valence-electron chi connectivity index (χ0n) is 20.6. The Morgan fingerprint density at radius 1 is 1.09 bits per heavy atom. The number of carbonyl (C=O) groups excluding carboxylic acids is 1. The molecule has 1 saturated heterocycles. The molecule has 1 aliphatic carbocycles. The lowest BCUT2D eigenvalue weighted by molar-refractivity contribution is -0.129. The predicted octanol–water partition coefficient (Wildman–Crippen LogP) is 4.09. The van der Waals surface area contributed by atoms with Gasteiger partial charge in [-0.3, -0.25) is 4.79 Å². The average molecular weight is 493 g/mol. The van der Waals surface area contributed by atoms with Crippen molar-refractivity contribution in [2.24, 2.45) is 0 Å². The van der Waals surface area contributed by atoms with Crippen molar-refractivity contribution in [2.75, 3.05) is 48.3 Å². The number of nitrogens with one attached hydrogen (secondary N) is 1. The molecule has 184 valence electrons. The van der Waals surface area contributed by atoms with Gasteiger partial charge in [-0.15, -0.1) is 0 Å². The Morgan fingerprint density at radius 3 is 2.54 bits per heavy atom. The van der Waals surface area contributed by atoms with E-state index in [0.29, 0.717) is 17.8 Å². The summed E-state index contributed by atoms with van der Waals surface area (Å²) in [5.74, 6) is 1.34. The summed E-state index contributed by atoms with van der Waals surface area (Å²) in [5, 5.41) is 4.28. The molecule has 0 bridgehead atoms. The largest absolute Gasteiger partial charge is 0.367 e. The number of amides is 1. The molecule has 0 spiro atoms. The summed E-state index contributed by atoms with van der Waals surface area (Å²) in [7, 11) is 2.16. The molecule has 35 heavy (non-hydrogen) atoms. The second-order valence-electron chi connectivity index (χ2n) is 9.25. The van der Waals surface area contributed by atoms with E-state index in [1.165, 1.54) is 25.7 Å². The van der Waals surface area contributed by atoms with E-state index in [0.717, 1.165) is 53.3 Å². The van der Waals surface area contributed by atoms with E-state index in [9.17, 15) is 4.79 Å². The van der Waals surface area contributed by atoms with Gasteiger partial charge in [-0.1, -0.05) is 24.2 Å². The average Bonchev–Trinajstić information content (AvgIpc) is 3.55. The van der Waals surface area contributed by atoms with Gasteiger partial charge in [0.15, 0.2) is 5.13 Å². The maximum Gasteiger partial charge on any atom is 0.228 e. The lowest BCUT2D eigenvalue weighted by Gasteiger charge is -2.35. The number of pyridine rings is 1. The molecule has 5 rings (SSSR count). The molecule has 1 aliphatic heterocycles. The standard InChI is InChI=1S/C25H32N8OS/c1-17-23(35-25(28-17)31(3)19-6-4-5-7-19)21-10-11-26-24(29-21)30-22-9-8-20(16-27-22)33-14-12-32(13-15-33)18(2)34/h8-11,16,19H,4-7,12-15H2,1-3H3,(H,26,27,29,30). The van der Waals surface area contributed by atoms with Crippen molar-refractivity contribution in [1.82, 2.24) is 24.8 Å². The van der Waals surface area contributed by atoms with Crippen LogP contribution in [0.5, 0.6) is 0 Å². The highest BCUT2D eigenvalue weighted by molar-refractivity contribution is 7.19. The van der Waals surface area contributed by atoms with Crippen molar-refractivity contribution in [3.8, 4) is 10.6 Å². The highest BCUT2D eigenvalue weighted by Gasteiger charge is 2.23. The SMILES string of the molecule is CC(=O)N1CCN(c2ccc(Nc3nccc(-c4sc(N(C)C5CCCC5)nc4C)n3)nc2)CC1. The molecular weight excluding hydrogens is 460 g/mol. The Labute approximate surface area is 210 Å². The minimum Gasteiger partial charge on any atom is -0.367 e. The Bertz CT molecular complexity index is 1170. The number of anilines is 4. The van der Waals surface area contributed by atoms with Gasteiger partial charge in [-0.05, 0) is 38.0 Å². The predicted molar refractivity (Wildman–Crippen MR) is 141 cm³/mol. The first kappa shape index (κ1) is 23.5. The molecule has 1 saturated carbocycles. The van der Waals surface area contributed by atoms with Crippen LogP contribution >= 0.6 is 11.3 Å². The van der Waals surface area contributed by atoms with E-state index in [4.69, 9.17) is 9.97 Å². The first-order chi connectivity index (χ1) is 17.0. The number of aryl methyl sites for hydroxylation is 1. The molecule has 0 unspecified atom stereocenters. The third-order valence-electron chi connectivity index (χ3n) is 6.93. The van der Waals surface area contributed by atoms with Crippen LogP contribution in [0.2, 0.25) is 0 Å². The molecule has 2 aliphatic rings. The van der Waals surface area contributed by atoms with Gasteiger partial charge in [-0.2, -0.15) is 0 Å². The zero-order chi connectivity index (χ0) is 24.4. The van der Waals surface area contributed by atoms with E-state index in [1.807, 2.05) is 36.2 Å². The van der Waals surface area contributed by atoms with E-state index in [1.54, 1.807) is 24.5 Å². The summed E-state index contributed by atoms with van der Waals surface area (Å²) in [5.41, 5.74) is 2.91. The van der Waals surface area contributed by atoms with E-state index < -0.39 is 0 Å². The number of hydrogen-bond donors (Lipinski definition) is 1. The lowest BCUT2D eigenvalue weighted by atomic mass is 10.2. The van der Waals surface area contributed by atoms with Gasteiger partial charge in [0, 0.05) is 52.4 Å². The maximum atomic E-state index is 11.5. The number of hydrogen-bond acceptors (Lipinski definition) is 9. The number of aromatic nitrogens is 4. The lowest BCUT2D eigenvalue weighted by Crippen LogP contribution is -2.48. The third kappa shape index (κ3) is 5.22. The molecule has 3 aromatic heterocycles. The summed E-state index contributed by atoms with van der Waals surface area (Å²) >= 11 is 1.69. The van der Waals surface area contributed by atoms with Crippen molar-refractivity contribution < 1.29 is 4.79 Å². The van der Waals surface area contributed by atoms with Crippen LogP contribution in [-0.4, -0.2) is 70.0 Å². The number of rotatable bonds is 6. The third-order valence-corrected chi connectivity index (χ3v) is 8.20. The fourth-order valence-corrected chi connectivity index (χ4v) is 5.87. The maximum absolute atomic E-state index is 11.5. The second-order valence-corrected chi connectivity index (χ2v) is 10.2. The Hall–Kier alpha value is -3.27. The van der Waals surface area contributed by atoms with Crippen LogP contribution in [0.3, 0.4) is 0 Å². The van der Waals surface area contributed by atoms with E-state index in [2.05, 4.69) is 32.1 Å². The first-order valence-electron chi connectivity index (χ1n) is 12.2. The molecule has 3 aromatic rings. The van der Waals surface area contributed by atoms with Gasteiger partial charge in [-0.25, -0.2) is 19.9 Å². The van der Waals surface area contributed by atoms with Crippen molar-refractivity contribution in [2.45, 2.75) is 45.6 Å². The van der Waals surface area contributed by atoms with Crippen LogP contribution < -0.4 is 15.1 Å². The minimum absolute atomic E-state index is 0.134. The normalized spacial score (nSPS) is 16.5. The molecule has 0 aromatic carbocycles. The summed E-state index contributed by atoms with van der Waals surface area (Å²) in [6.45, 7) is 6.77. The molecule has 1 N–H and O–H groups in total. The monoisotopic (exact) mass is 492 g/mol. The van der Waals surface area contributed by atoms with Gasteiger partial charge in [0.1, 0.15) is 5.82 Å². The highest BCUT2D eigenvalue weighted by atomic mass is 32.1. The molecule has 9 nitrogen and oxygen atoms in total. The molecule has 2 fully saturated rings. The topological polar surface area (TPSA) is 90.4 Å². The number of piperazine rings is 1. The molecule has 0 atom stereocenters. The van der Waals surface area contributed by atoms with Gasteiger partial charge in [0.2, 0.25) is 11.9 Å². The van der Waals surface area contributed by atoms with Crippen LogP contribution in [-0.2, 0) is 4.79 Å². The van der Waals surface area contributed by atoms with Crippen LogP contribution in [0, 0.1) is 6.92 Å². The van der Waals surface area contributed by atoms with Crippen molar-refractivity contribution >= 4 is 39.8 Å². The van der Waals surface area contributed by atoms with Crippen LogP contribution in [0.15, 0.2) is 30.6 Å². The summed E-state index contributed by atoms with van der Waals surface area (Å²) in [6, 6.07) is 6.50. The second kappa shape index (κ2) is 10.2. The Balaban J connectivity index is 1.26. The van der Waals surface area contributed by atoms with Crippen LogP contribution in [0.4, 0.5) is 22.6 Å². The van der Waals surface area contributed by atoms with Gasteiger partial charge >= 0.3 is 0 Å². The summed E-state index contributed by atoms with van der Waals surface area (Å²) < 4.78 is 0. The quantitative estimate of drug-likeness (QED) is 0.550. The summed E-state index contributed by atoms with van der Waals surface area (Å²) in [4.78, 5) is 37.6. The molecular formula is C25H32N8OS. The molecule has 1 amide bonds. The Morgan fingerprint density at radius 2 is 1.86 bits per heavy atom. The van der Waals surface area contributed by atoms with Crippen LogP contribution in [0.1, 0.15) is 38.3 Å². The van der Waals surface area contributed by atoms with Crippen molar-refractivity contribution in [3.05, 3.63) is 36.3 Å². The minimum atomic E-state index is 0.134. The van der Waals surface area contributed by atoms with E-state index in [-0.39, 0.29) is 5.91 Å². The number of thiazole rings is 1. The van der Waals surface area contributed by atoms with Crippen molar-refractivity contribution in [3.63, 3.8) is 0 Å². The smallest absolute Gasteiger partial charge is 0.228 e. The van der Waals surface area contributed by atoms with Gasteiger partial charge < -0.3 is 20.0 Å². The Kier molecular flexibility index (Phi) is 6.81. The highest BCUT2D eigenvalue weighted by Crippen LogP contribution is 2.36. The molecule has 4 heterocycles. The molecule has 0 radical (unpaired) electrons. The first-order valence-corrected chi connectivity index (χ1v) is 13.1. The van der Waals surface area contributed by atoms with Crippen molar-refractivity contribution in [1.29, 1.82) is 0 Å². The zero-order valence-corrected chi connectivity index (χ0v) is 21.4. The fraction of sp³-hybridized carbons (Fsp3) is 0.480. The fourth-order valence-electron chi connectivity index (χ4n) is 4.80. The number of carbonyl (C=O) groups is 1. The molecule has 10 heteroatoms. The number of nitrogens with zero attached hydrogens (tertiary/aromatic N) is 7. The van der Waals surface area contributed by atoms with Gasteiger partial charge in [0.25, 0.3) is 0 Å². The van der Waals surface area contributed by atoms with Crippen LogP contribution in [0.25, 0.3) is 10.6 Å². The summed E-state index contributed by atoms with van der Waals surface area (Å²) in [6.07, 6.45) is 8.72. The van der Waals surface area contributed by atoms with Gasteiger partial charge in [0.05, 0.1) is 28.1 Å².